The molecule has 0 saturated heterocycles. The number of para-hydroxylation sites is 1. The number of carbonyl (C=O) groups excluding carboxylic acids is 2. The second kappa shape index (κ2) is 8.79. The highest BCUT2D eigenvalue weighted by molar-refractivity contribution is 7.09. The number of carbonyl (C=O) groups is 2. The molecular weight excluding hydrogens is 384 g/mol. The summed E-state index contributed by atoms with van der Waals surface area (Å²) in [7, 11) is 0. The number of aryl methyl sites for hydroxylation is 1. The van der Waals surface area contributed by atoms with Gasteiger partial charge in [-0.1, -0.05) is 41.9 Å². The van der Waals surface area contributed by atoms with E-state index in [2.05, 4.69) is 10.3 Å². The van der Waals surface area contributed by atoms with Gasteiger partial charge in [-0.05, 0) is 30.7 Å². The fourth-order valence-corrected chi connectivity index (χ4v) is 3.38. The highest BCUT2D eigenvalue weighted by Gasteiger charge is 2.13. The van der Waals surface area contributed by atoms with E-state index in [-0.39, 0.29) is 18.9 Å². The molecule has 0 fully saturated rings. The summed E-state index contributed by atoms with van der Waals surface area (Å²) in [5.74, 6) is -0.647. The zero-order valence-corrected chi connectivity index (χ0v) is 16.1. The number of anilines is 1. The lowest BCUT2D eigenvalue weighted by molar-refractivity contribution is -0.115. The molecule has 0 radical (unpaired) electrons. The fourth-order valence-electron chi connectivity index (χ4n) is 2.39. The summed E-state index contributed by atoms with van der Waals surface area (Å²) in [5, 5.41) is 5.65. The van der Waals surface area contributed by atoms with E-state index in [1.807, 2.05) is 31.2 Å². The molecule has 0 atom stereocenters. The summed E-state index contributed by atoms with van der Waals surface area (Å²) >= 11 is 7.33. The molecule has 1 aromatic heterocycles. The first-order valence-electron chi connectivity index (χ1n) is 8.23. The molecule has 0 aliphatic carbocycles. The molecule has 3 rings (SSSR count). The third-order valence-electron chi connectivity index (χ3n) is 3.78. The first-order valence-corrected chi connectivity index (χ1v) is 9.49. The summed E-state index contributed by atoms with van der Waals surface area (Å²) in [6.07, 6.45) is 0.164. The second-order valence-corrected chi connectivity index (χ2v) is 7.18. The molecule has 1 N–H and O–H groups in total. The number of benzene rings is 2. The maximum atomic E-state index is 12.2. The SMILES string of the molecule is Cc1ccccc1NC(=O)Cc1nc(COC(=O)c2ccccc2Cl)cs1. The third kappa shape index (κ3) is 5.15. The minimum Gasteiger partial charge on any atom is -0.456 e. The van der Waals surface area contributed by atoms with Gasteiger partial charge in [-0.2, -0.15) is 0 Å². The van der Waals surface area contributed by atoms with Gasteiger partial charge in [0.25, 0.3) is 0 Å². The predicted octanol–water partition coefficient (Wildman–Crippen LogP) is 4.64. The number of thiazole rings is 1. The van der Waals surface area contributed by atoms with E-state index in [9.17, 15) is 9.59 Å². The first-order chi connectivity index (χ1) is 13.0. The lowest BCUT2D eigenvalue weighted by atomic mass is 10.2. The van der Waals surface area contributed by atoms with E-state index in [1.165, 1.54) is 11.3 Å². The van der Waals surface area contributed by atoms with Gasteiger partial charge in [-0.3, -0.25) is 4.79 Å². The second-order valence-electron chi connectivity index (χ2n) is 5.83. The van der Waals surface area contributed by atoms with Crippen LogP contribution in [-0.2, 0) is 22.6 Å². The van der Waals surface area contributed by atoms with E-state index in [0.29, 0.717) is 21.3 Å². The van der Waals surface area contributed by atoms with Crippen molar-refractivity contribution in [2.45, 2.75) is 20.0 Å². The van der Waals surface area contributed by atoms with Crippen LogP contribution in [-0.4, -0.2) is 16.9 Å². The maximum Gasteiger partial charge on any atom is 0.340 e. The number of esters is 1. The largest absolute Gasteiger partial charge is 0.456 e. The van der Waals surface area contributed by atoms with Crippen LogP contribution in [0.3, 0.4) is 0 Å². The van der Waals surface area contributed by atoms with Crippen molar-refractivity contribution < 1.29 is 14.3 Å². The first kappa shape index (κ1) is 19.1. The van der Waals surface area contributed by atoms with Crippen LogP contribution in [0.4, 0.5) is 5.69 Å². The topological polar surface area (TPSA) is 68.3 Å². The van der Waals surface area contributed by atoms with Gasteiger partial charge in [0.05, 0.1) is 22.7 Å². The number of aromatic nitrogens is 1. The molecule has 2 aromatic carbocycles. The van der Waals surface area contributed by atoms with Crippen LogP contribution in [0.15, 0.2) is 53.9 Å². The van der Waals surface area contributed by atoms with Crippen LogP contribution < -0.4 is 5.32 Å². The Labute approximate surface area is 166 Å². The van der Waals surface area contributed by atoms with Crippen LogP contribution >= 0.6 is 22.9 Å². The zero-order valence-electron chi connectivity index (χ0n) is 14.6. The highest BCUT2D eigenvalue weighted by atomic mass is 35.5. The molecule has 0 aliphatic rings. The minimum atomic E-state index is -0.507. The van der Waals surface area contributed by atoms with Crippen molar-refractivity contribution in [2.24, 2.45) is 0 Å². The van der Waals surface area contributed by atoms with Crippen LogP contribution in [0.2, 0.25) is 5.02 Å². The zero-order chi connectivity index (χ0) is 19.2. The van der Waals surface area contributed by atoms with Crippen molar-refractivity contribution in [3.8, 4) is 0 Å². The number of rotatable bonds is 6. The van der Waals surface area contributed by atoms with Crippen LogP contribution in [0, 0.1) is 6.92 Å². The molecule has 27 heavy (non-hydrogen) atoms. The van der Waals surface area contributed by atoms with E-state index >= 15 is 0 Å². The number of nitrogens with one attached hydrogen (secondary N) is 1. The van der Waals surface area contributed by atoms with Crippen LogP contribution in [0.5, 0.6) is 0 Å². The van der Waals surface area contributed by atoms with Gasteiger partial charge in [-0.15, -0.1) is 11.3 Å². The van der Waals surface area contributed by atoms with Crippen molar-refractivity contribution >= 4 is 40.5 Å². The molecule has 7 heteroatoms. The molecule has 3 aromatic rings. The summed E-state index contributed by atoms with van der Waals surface area (Å²) in [6, 6.07) is 14.3. The van der Waals surface area contributed by atoms with Gasteiger partial charge in [-0.25, -0.2) is 9.78 Å². The summed E-state index contributed by atoms with van der Waals surface area (Å²) in [5.41, 5.74) is 2.69. The quantitative estimate of drug-likeness (QED) is 0.612. The average molecular weight is 401 g/mol. The standard InChI is InChI=1S/C20H17ClN2O3S/c1-13-6-2-5-9-17(13)23-18(24)10-19-22-14(12-27-19)11-26-20(25)15-7-3-4-8-16(15)21/h2-9,12H,10-11H2,1H3,(H,23,24). The molecule has 1 amide bonds. The smallest absolute Gasteiger partial charge is 0.340 e. The van der Waals surface area contributed by atoms with Gasteiger partial charge in [0.2, 0.25) is 5.91 Å². The van der Waals surface area contributed by atoms with Gasteiger partial charge in [0.1, 0.15) is 11.6 Å². The Morgan fingerprint density at radius 3 is 2.67 bits per heavy atom. The number of ether oxygens (including phenoxy) is 1. The number of nitrogens with zero attached hydrogens (tertiary/aromatic N) is 1. The van der Waals surface area contributed by atoms with Crippen molar-refractivity contribution in [3.63, 3.8) is 0 Å². The Bertz CT molecular complexity index is 971. The lowest BCUT2D eigenvalue weighted by Crippen LogP contribution is -2.15. The Hall–Kier alpha value is -2.70. The highest BCUT2D eigenvalue weighted by Crippen LogP contribution is 2.18. The Morgan fingerprint density at radius 2 is 1.89 bits per heavy atom. The maximum absolute atomic E-state index is 12.2. The van der Waals surface area contributed by atoms with E-state index in [0.717, 1.165) is 11.3 Å². The summed E-state index contributed by atoms with van der Waals surface area (Å²) < 4.78 is 5.24. The Kier molecular flexibility index (Phi) is 6.21. The molecule has 0 bridgehead atoms. The van der Waals surface area contributed by atoms with Gasteiger partial charge >= 0.3 is 5.97 Å². The Balaban J connectivity index is 1.54. The third-order valence-corrected chi connectivity index (χ3v) is 5.00. The minimum absolute atomic E-state index is 0.0277. The summed E-state index contributed by atoms with van der Waals surface area (Å²) in [6.45, 7) is 1.96. The molecule has 0 spiro atoms. The van der Waals surface area contributed by atoms with Crippen molar-refractivity contribution in [2.75, 3.05) is 5.32 Å². The van der Waals surface area contributed by atoms with Crippen LogP contribution in [0.1, 0.15) is 26.6 Å². The molecule has 0 unspecified atom stereocenters. The van der Waals surface area contributed by atoms with Gasteiger partial charge in [0, 0.05) is 11.1 Å². The molecule has 0 aliphatic heterocycles. The van der Waals surface area contributed by atoms with Crippen LogP contribution in [0.25, 0.3) is 0 Å². The van der Waals surface area contributed by atoms with E-state index in [1.54, 1.807) is 29.6 Å². The molecule has 1 heterocycles. The van der Waals surface area contributed by atoms with Crippen molar-refractivity contribution in [3.05, 3.63) is 80.8 Å². The number of hydrogen-bond acceptors (Lipinski definition) is 5. The Morgan fingerprint density at radius 1 is 1.15 bits per heavy atom. The van der Waals surface area contributed by atoms with E-state index in [4.69, 9.17) is 16.3 Å². The van der Waals surface area contributed by atoms with Crippen molar-refractivity contribution in [1.82, 2.24) is 4.98 Å². The molecular formula is C20H17ClN2O3S. The van der Waals surface area contributed by atoms with Gasteiger partial charge < -0.3 is 10.1 Å². The predicted molar refractivity (Wildman–Crippen MR) is 106 cm³/mol. The number of halogens is 1. The number of amides is 1. The average Bonchev–Trinajstić information content (AvgIpc) is 3.09. The number of hydrogen-bond donors (Lipinski definition) is 1. The fraction of sp³-hybridized carbons (Fsp3) is 0.150. The monoisotopic (exact) mass is 400 g/mol. The molecule has 5 nitrogen and oxygen atoms in total. The molecule has 0 saturated carbocycles. The molecule has 138 valence electrons. The van der Waals surface area contributed by atoms with Gasteiger partial charge in [0.15, 0.2) is 0 Å². The summed E-state index contributed by atoms with van der Waals surface area (Å²) in [4.78, 5) is 28.6. The normalized spacial score (nSPS) is 10.4. The van der Waals surface area contributed by atoms with Crippen molar-refractivity contribution in [1.29, 1.82) is 0 Å². The van der Waals surface area contributed by atoms with E-state index < -0.39 is 5.97 Å². The lowest BCUT2D eigenvalue weighted by Gasteiger charge is -2.06.